The largest absolute Gasteiger partial charge is 0.493 e. The van der Waals surface area contributed by atoms with Gasteiger partial charge in [0.2, 0.25) is 11.8 Å². The van der Waals surface area contributed by atoms with Crippen LogP contribution in [0.3, 0.4) is 0 Å². The Morgan fingerprint density at radius 2 is 1.68 bits per heavy atom. The molecule has 0 radical (unpaired) electrons. The van der Waals surface area contributed by atoms with Crippen molar-refractivity contribution in [3.05, 3.63) is 53.6 Å². The average molecular weight is 383 g/mol. The molecule has 5 heteroatoms. The molecule has 0 unspecified atom stereocenters. The van der Waals surface area contributed by atoms with E-state index in [1.165, 1.54) is 12.5 Å². The van der Waals surface area contributed by atoms with Crippen LogP contribution in [0.25, 0.3) is 0 Å². The predicted octanol–water partition coefficient (Wildman–Crippen LogP) is 5.09. The summed E-state index contributed by atoms with van der Waals surface area (Å²) < 4.78 is 5.89. The van der Waals surface area contributed by atoms with Gasteiger partial charge in [0.05, 0.1) is 6.61 Å². The lowest BCUT2D eigenvalue weighted by Crippen LogP contribution is -2.31. The van der Waals surface area contributed by atoms with Gasteiger partial charge in [0.25, 0.3) is 0 Å². The molecule has 0 aliphatic rings. The molecule has 0 heterocycles. The van der Waals surface area contributed by atoms with Gasteiger partial charge in [0.1, 0.15) is 5.75 Å². The minimum atomic E-state index is -0.533. The first kappa shape index (κ1) is 21.5. The lowest BCUT2D eigenvalue weighted by molar-refractivity contribution is -0.124. The quantitative estimate of drug-likeness (QED) is 0.625. The minimum Gasteiger partial charge on any atom is -0.493 e. The zero-order chi connectivity index (χ0) is 20.7. The Hall–Kier alpha value is -2.82. The maximum atomic E-state index is 12.7. The van der Waals surface area contributed by atoms with Crippen LogP contribution in [0.5, 0.6) is 5.75 Å². The van der Waals surface area contributed by atoms with Crippen molar-refractivity contribution in [1.29, 1.82) is 0 Å². The molecule has 0 atom stereocenters. The molecule has 150 valence electrons. The molecule has 0 aliphatic heterocycles. The van der Waals surface area contributed by atoms with Gasteiger partial charge >= 0.3 is 0 Å². The Bertz CT molecular complexity index is 843. The second-order valence-electron chi connectivity index (χ2n) is 7.82. The van der Waals surface area contributed by atoms with Crippen molar-refractivity contribution in [3.63, 3.8) is 0 Å². The Kier molecular flexibility index (Phi) is 7.21. The van der Waals surface area contributed by atoms with Crippen LogP contribution in [-0.4, -0.2) is 18.4 Å². The summed E-state index contributed by atoms with van der Waals surface area (Å²) in [4.78, 5) is 23.9. The molecule has 2 amide bonds. The van der Waals surface area contributed by atoms with E-state index in [-0.39, 0.29) is 11.8 Å². The fourth-order valence-electron chi connectivity index (χ4n) is 2.85. The minimum absolute atomic E-state index is 0.0563. The van der Waals surface area contributed by atoms with Gasteiger partial charge < -0.3 is 15.4 Å². The van der Waals surface area contributed by atoms with Gasteiger partial charge in [-0.1, -0.05) is 32.0 Å². The number of aryl methyl sites for hydroxylation is 2. The maximum absolute atomic E-state index is 12.7. The molecule has 0 saturated heterocycles. The van der Waals surface area contributed by atoms with E-state index < -0.39 is 5.41 Å². The number of amides is 2. The monoisotopic (exact) mass is 382 g/mol. The highest BCUT2D eigenvalue weighted by Crippen LogP contribution is 2.26. The van der Waals surface area contributed by atoms with E-state index in [0.717, 1.165) is 17.7 Å². The Labute approximate surface area is 167 Å². The number of hydrogen-bond donors (Lipinski definition) is 2. The summed E-state index contributed by atoms with van der Waals surface area (Å²) in [5.41, 5.74) is 3.07. The molecule has 0 aromatic heterocycles. The number of ether oxygens (including phenoxy) is 1. The summed E-state index contributed by atoms with van der Waals surface area (Å²) in [5, 5.41) is 5.66. The van der Waals surface area contributed by atoms with Crippen LogP contribution in [0.4, 0.5) is 11.4 Å². The summed E-state index contributed by atoms with van der Waals surface area (Å²) in [5.74, 6) is 0.698. The fraction of sp³-hybridized carbons (Fsp3) is 0.391. The van der Waals surface area contributed by atoms with Gasteiger partial charge in [-0.15, -0.1) is 0 Å². The zero-order valence-electron chi connectivity index (χ0n) is 17.4. The average Bonchev–Trinajstić information content (AvgIpc) is 2.61. The van der Waals surface area contributed by atoms with Gasteiger partial charge in [-0.2, -0.15) is 0 Å². The van der Waals surface area contributed by atoms with Crippen LogP contribution in [0.1, 0.15) is 44.7 Å². The lowest BCUT2D eigenvalue weighted by Gasteiger charge is -2.24. The van der Waals surface area contributed by atoms with E-state index in [0.29, 0.717) is 24.4 Å². The summed E-state index contributed by atoms with van der Waals surface area (Å²) >= 11 is 0. The second-order valence-corrected chi connectivity index (χ2v) is 7.82. The number of nitrogens with one attached hydrogen (secondary N) is 2. The molecule has 5 nitrogen and oxygen atoms in total. The van der Waals surface area contributed by atoms with Crippen molar-refractivity contribution in [2.45, 2.75) is 47.5 Å². The highest BCUT2D eigenvalue weighted by atomic mass is 16.5. The van der Waals surface area contributed by atoms with Crippen LogP contribution in [0.2, 0.25) is 0 Å². The Morgan fingerprint density at radius 1 is 1.00 bits per heavy atom. The number of carbonyl (C=O) groups excluding carboxylic acids is 2. The van der Waals surface area contributed by atoms with E-state index in [1.807, 2.05) is 39.8 Å². The third-order valence-electron chi connectivity index (χ3n) is 4.60. The SMILES string of the molecule is CC(=O)Nc1cccc(NC(=O)C(C)(C)CCCOc2cc(C)ccc2C)c1. The number of rotatable bonds is 8. The zero-order valence-corrected chi connectivity index (χ0v) is 17.4. The van der Waals surface area contributed by atoms with Crippen LogP contribution in [0.15, 0.2) is 42.5 Å². The van der Waals surface area contributed by atoms with Crippen LogP contribution >= 0.6 is 0 Å². The first-order valence-electron chi connectivity index (χ1n) is 9.56. The van der Waals surface area contributed by atoms with Crippen molar-refractivity contribution in [3.8, 4) is 5.75 Å². The van der Waals surface area contributed by atoms with Gasteiger partial charge in [-0.3, -0.25) is 9.59 Å². The van der Waals surface area contributed by atoms with E-state index in [4.69, 9.17) is 4.74 Å². The summed E-state index contributed by atoms with van der Waals surface area (Å²) in [7, 11) is 0. The summed E-state index contributed by atoms with van der Waals surface area (Å²) in [6.45, 7) is 9.95. The highest BCUT2D eigenvalue weighted by molar-refractivity contribution is 5.96. The molecule has 2 N–H and O–H groups in total. The van der Waals surface area contributed by atoms with Crippen molar-refractivity contribution in [1.82, 2.24) is 0 Å². The second kappa shape index (κ2) is 9.40. The number of hydrogen-bond acceptors (Lipinski definition) is 3. The molecule has 2 rings (SSSR count). The van der Waals surface area contributed by atoms with Gasteiger partial charge in [0, 0.05) is 23.7 Å². The third-order valence-corrected chi connectivity index (χ3v) is 4.60. The normalized spacial score (nSPS) is 11.0. The third kappa shape index (κ3) is 6.41. The van der Waals surface area contributed by atoms with Crippen molar-refractivity contribution >= 4 is 23.2 Å². The first-order valence-corrected chi connectivity index (χ1v) is 9.56. The van der Waals surface area contributed by atoms with Crippen molar-refractivity contribution in [2.75, 3.05) is 17.2 Å². The summed E-state index contributed by atoms with van der Waals surface area (Å²) in [6, 6.07) is 13.3. The molecule has 0 aliphatic carbocycles. The molecular weight excluding hydrogens is 352 g/mol. The Morgan fingerprint density at radius 3 is 2.36 bits per heavy atom. The highest BCUT2D eigenvalue weighted by Gasteiger charge is 2.27. The van der Waals surface area contributed by atoms with E-state index in [1.54, 1.807) is 18.2 Å². The van der Waals surface area contributed by atoms with Gasteiger partial charge in [-0.25, -0.2) is 0 Å². The number of anilines is 2. The smallest absolute Gasteiger partial charge is 0.230 e. The molecule has 2 aromatic rings. The van der Waals surface area contributed by atoms with Crippen LogP contribution in [0, 0.1) is 19.3 Å². The molecule has 2 aromatic carbocycles. The number of carbonyl (C=O) groups is 2. The van der Waals surface area contributed by atoms with E-state index in [9.17, 15) is 9.59 Å². The van der Waals surface area contributed by atoms with E-state index >= 15 is 0 Å². The maximum Gasteiger partial charge on any atom is 0.230 e. The van der Waals surface area contributed by atoms with Crippen molar-refractivity contribution < 1.29 is 14.3 Å². The summed E-state index contributed by atoms with van der Waals surface area (Å²) in [6.07, 6.45) is 1.48. The predicted molar refractivity (Wildman–Crippen MR) is 114 cm³/mol. The fourth-order valence-corrected chi connectivity index (χ4v) is 2.85. The molecular formula is C23H30N2O3. The van der Waals surface area contributed by atoms with E-state index in [2.05, 4.69) is 22.8 Å². The standard InChI is InChI=1S/C23H30N2O3/c1-16-10-11-17(2)21(14-16)28-13-7-12-23(4,5)22(27)25-20-9-6-8-19(15-20)24-18(3)26/h6,8-11,14-15H,7,12-13H2,1-5H3,(H,24,26)(H,25,27). The molecule has 0 bridgehead atoms. The molecule has 0 spiro atoms. The Balaban J connectivity index is 1.87. The van der Waals surface area contributed by atoms with Gasteiger partial charge in [-0.05, 0) is 62.1 Å². The van der Waals surface area contributed by atoms with Crippen molar-refractivity contribution in [2.24, 2.45) is 5.41 Å². The molecule has 0 saturated carbocycles. The van der Waals surface area contributed by atoms with Crippen LogP contribution < -0.4 is 15.4 Å². The number of benzene rings is 2. The topological polar surface area (TPSA) is 67.4 Å². The van der Waals surface area contributed by atoms with Crippen LogP contribution in [-0.2, 0) is 9.59 Å². The lowest BCUT2D eigenvalue weighted by atomic mass is 9.87. The van der Waals surface area contributed by atoms with Gasteiger partial charge in [0.15, 0.2) is 0 Å². The first-order chi connectivity index (χ1) is 13.2. The molecule has 0 fully saturated rings. The molecule has 28 heavy (non-hydrogen) atoms.